The highest BCUT2D eigenvalue weighted by Crippen LogP contribution is 2.34. The lowest BCUT2D eigenvalue weighted by atomic mass is 9.90. The molecule has 1 saturated heterocycles. The fourth-order valence-corrected chi connectivity index (χ4v) is 5.45. The molecule has 3 aromatic carbocycles. The third-order valence-corrected chi connectivity index (χ3v) is 7.23. The van der Waals surface area contributed by atoms with Gasteiger partial charge in [0.25, 0.3) is 0 Å². The fourth-order valence-electron chi connectivity index (χ4n) is 5.45. The monoisotopic (exact) mass is 482 g/mol. The van der Waals surface area contributed by atoms with Gasteiger partial charge in [-0.05, 0) is 55.1 Å². The van der Waals surface area contributed by atoms with Gasteiger partial charge in [0, 0.05) is 44.9 Å². The topological polar surface area (TPSA) is 59.4 Å². The maximum absolute atomic E-state index is 13.8. The highest BCUT2D eigenvalue weighted by molar-refractivity contribution is 6.08. The Morgan fingerprint density at radius 1 is 1.11 bits per heavy atom. The van der Waals surface area contributed by atoms with E-state index in [0.29, 0.717) is 12.3 Å². The molecule has 1 unspecified atom stereocenters. The third kappa shape index (κ3) is 4.86. The highest BCUT2D eigenvalue weighted by Gasteiger charge is 2.26. The molecule has 2 heterocycles. The van der Waals surface area contributed by atoms with Gasteiger partial charge in [-0.1, -0.05) is 42.5 Å². The Kier molecular flexibility index (Phi) is 7.05. The number of ether oxygens (including phenoxy) is 1. The summed E-state index contributed by atoms with van der Waals surface area (Å²) in [5.41, 5.74) is 5.54. The molecule has 36 heavy (non-hydrogen) atoms. The van der Waals surface area contributed by atoms with Crippen molar-refractivity contribution in [2.24, 2.45) is 13.0 Å². The zero-order valence-corrected chi connectivity index (χ0v) is 21.3. The van der Waals surface area contributed by atoms with Crippen LogP contribution in [0, 0.1) is 5.92 Å². The van der Waals surface area contributed by atoms with Crippen LogP contribution >= 0.6 is 0 Å². The van der Waals surface area contributed by atoms with Crippen molar-refractivity contribution in [3.8, 4) is 17.1 Å². The number of aryl methyl sites for hydroxylation is 1. The first-order valence-electron chi connectivity index (χ1n) is 12.7. The van der Waals surface area contributed by atoms with Crippen LogP contribution in [0.1, 0.15) is 35.2 Å². The van der Waals surface area contributed by atoms with Crippen LogP contribution in [0.15, 0.2) is 66.7 Å². The largest absolute Gasteiger partial charge is 0.496 e. The van der Waals surface area contributed by atoms with Gasteiger partial charge in [0.1, 0.15) is 11.6 Å². The number of nitrogens with zero attached hydrogens (tertiary/aromatic N) is 3. The van der Waals surface area contributed by atoms with Crippen LogP contribution in [0.25, 0.3) is 22.4 Å². The number of aromatic nitrogens is 2. The Labute approximate surface area is 212 Å². The molecule has 1 fully saturated rings. The number of likely N-dealkylation sites (tertiary alicyclic amines) is 1. The Morgan fingerprint density at radius 3 is 2.67 bits per heavy atom. The third-order valence-electron chi connectivity index (χ3n) is 7.23. The van der Waals surface area contributed by atoms with E-state index in [2.05, 4.69) is 40.5 Å². The molecule has 1 aromatic heterocycles. The average Bonchev–Trinajstić information content (AvgIpc) is 3.24. The predicted octanol–water partition coefficient (Wildman–Crippen LogP) is 5.78. The molecule has 5 rings (SSSR count). The number of nitrogens with one attached hydrogen (secondary N) is 1. The summed E-state index contributed by atoms with van der Waals surface area (Å²) in [4.78, 5) is 21.2. The molecule has 0 spiro atoms. The molecule has 1 atom stereocenters. The maximum atomic E-state index is 13.8. The van der Waals surface area contributed by atoms with E-state index in [1.807, 2.05) is 55.1 Å². The quantitative estimate of drug-likeness (QED) is 0.323. The zero-order chi connectivity index (χ0) is 25.1. The van der Waals surface area contributed by atoms with Gasteiger partial charge in [0.05, 0.1) is 23.7 Å². The van der Waals surface area contributed by atoms with Gasteiger partial charge in [0.2, 0.25) is 0 Å². The summed E-state index contributed by atoms with van der Waals surface area (Å²) in [5, 5.41) is 3.21. The first-order valence-corrected chi connectivity index (χ1v) is 12.7. The van der Waals surface area contributed by atoms with Gasteiger partial charge in [-0.15, -0.1) is 0 Å². The molecule has 6 nitrogen and oxygen atoms in total. The molecular formula is C30H34N4O2. The fraction of sp³-hybridized carbons (Fsp3) is 0.333. The van der Waals surface area contributed by atoms with Crippen molar-refractivity contribution in [2.75, 3.05) is 32.6 Å². The number of ketones is 1. The second-order valence-corrected chi connectivity index (χ2v) is 9.69. The summed E-state index contributed by atoms with van der Waals surface area (Å²) in [7, 11) is 5.53. The van der Waals surface area contributed by atoms with Crippen molar-refractivity contribution in [1.82, 2.24) is 14.5 Å². The summed E-state index contributed by atoms with van der Waals surface area (Å²) in [5.74, 6) is 2.08. The number of hydrogen-bond acceptors (Lipinski definition) is 5. The minimum Gasteiger partial charge on any atom is -0.496 e. The lowest BCUT2D eigenvalue weighted by Gasteiger charge is -2.32. The molecule has 1 aliphatic heterocycles. The number of imidazole rings is 1. The van der Waals surface area contributed by atoms with E-state index in [9.17, 15) is 4.79 Å². The molecule has 0 saturated carbocycles. The van der Waals surface area contributed by atoms with Crippen LogP contribution in [-0.4, -0.2) is 47.5 Å². The van der Waals surface area contributed by atoms with E-state index in [1.54, 1.807) is 7.11 Å². The van der Waals surface area contributed by atoms with Crippen LogP contribution < -0.4 is 10.1 Å². The minimum atomic E-state index is 0.179. The Balaban J connectivity index is 1.43. The van der Waals surface area contributed by atoms with Crippen LogP contribution in [0.3, 0.4) is 0 Å². The Bertz CT molecular complexity index is 1360. The summed E-state index contributed by atoms with van der Waals surface area (Å²) in [6.07, 6.45) is 2.76. The molecule has 0 radical (unpaired) electrons. The number of methoxy groups -OCH3 is 1. The molecule has 4 aromatic rings. The van der Waals surface area contributed by atoms with Crippen LogP contribution in [-0.2, 0) is 13.6 Å². The number of Topliss-reactive ketones (excluding diaryl/α,β-unsaturated/α-hetero) is 1. The molecule has 0 amide bonds. The van der Waals surface area contributed by atoms with E-state index in [-0.39, 0.29) is 5.78 Å². The second-order valence-electron chi connectivity index (χ2n) is 9.69. The standard InChI is InChI=1S/C30H34N4O2/c1-31-23-17-25(27(35)16-22-12-9-15-34(20-22)19-21-10-5-4-6-11-21)29-26(18-23)32-30(33(29)2)24-13-7-8-14-28(24)36-3/h4-8,10-11,13-14,17-18,22,31H,9,12,15-16,19-20H2,1-3H3. The van der Waals surface area contributed by atoms with Gasteiger partial charge >= 0.3 is 0 Å². The maximum Gasteiger partial charge on any atom is 0.165 e. The second kappa shape index (κ2) is 10.5. The van der Waals surface area contributed by atoms with E-state index in [0.717, 1.165) is 71.9 Å². The van der Waals surface area contributed by atoms with E-state index in [4.69, 9.17) is 9.72 Å². The summed E-state index contributed by atoms with van der Waals surface area (Å²) < 4.78 is 7.62. The molecule has 0 aliphatic carbocycles. The van der Waals surface area contributed by atoms with Crippen molar-refractivity contribution in [1.29, 1.82) is 0 Å². The molecule has 1 N–H and O–H groups in total. The number of hydrogen-bond donors (Lipinski definition) is 1. The van der Waals surface area contributed by atoms with E-state index >= 15 is 0 Å². The Hall–Kier alpha value is -3.64. The van der Waals surface area contributed by atoms with Crippen molar-refractivity contribution in [3.63, 3.8) is 0 Å². The van der Waals surface area contributed by atoms with Crippen LogP contribution in [0.4, 0.5) is 5.69 Å². The van der Waals surface area contributed by atoms with Gasteiger partial charge < -0.3 is 14.6 Å². The van der Waals surface area contributed by atoms with E-state index in [1.165, 1.54) is 5.56 Å². The normalized spacial score (nSPS) is 16.2. The SMILES string of the molecule is CNc1cc(C(=O)CC2CCCN(Cc3ccccc3)C2)c2c(c1)nc(-c1ccccc1OC)n2C. The number of anilines is 1. The van der Waals surface area contributed by atoms with Gasteiger partial charge in [0.15, 0.2) is 5.78 Å². The van der Waals surface area contributed by atoms with Crippen molar-refractivity contribution >= 4 is 22.5 Å². The number of fused-ring (bicyclic) bond motifs is 1. The molecule has 1 aliphatic rings. The van der Waals surface area contributed by atoms with Crippen LogP contribution in [0.2, 0.25) is 0 Å². The molecule has 0 bridgehead atoms. The lowest BCUT2D eigenvalue weighted by Crippen LogP contribution is -2.35. The van der Waals surface area contributed by atoms with Crippen molar-refractivity contribution < 1.29 is 9.53 Å². The summed E-state index contributed by atoms with van der Waals surface area (Å²) >= 11 is 0. The number of para-hydroxylation sites is 1. The number of carbonyl (C=O) groups is 1. The van der Waals surface area contributed by atoms with Gasteiger partial charge in [-0.2, -0.15) is 0 Å². The number of rotatable bonds is 8. The molecular weight excluding hydrogens is 448 g/mol. The number of benzene rings is 3. The lowest BCUT2D eigenvalue weighted by molar-refractivity contribution is 0.0914. The summed E-state index contributed by atoms with van der Waals surface area (Å²) in [6, 6.07) is 22.4. The highest BCUT2D eigenvalue weighted by atomic mass is 16.5. The number of piperidine rings is 1. The average molecular weight is 483 g/mol. The molecule has 186 valence electrons. The minimum absolute atomic E-state index is 0.179. The smallest absolute Gasteiger partial charge is 0.165 e. The summed E-state index contributed by atoms with van der Waals surface area (Å²) in [6.45, 7) is 2.98. The van der Waals surface area contributed by atoms with Crippen molar-refractivity contribution in [2.45, 2.75) is 25.8 Å². The first-order chi connectivity index (χ1) is 17.6. The van der Waals surface area contributed by atoms with Gasteiger partial charge in [-0.25, -0.2) is 4.98 Å². The van der Waals surface area contributed by atoms with Crippen molar-refractivity contribution in [3.05, 3.63) is 77.9 Å². The molecule has 6 heteroatoms. The predicted molar refractivity (Wildman–Crippen MR) is 146 cm³/mol. The zero-order valence-electron chi connectivity index (χ0n) is 21.3. The van der Waals surface area contributed by atoms with Gasteiger partial charge in [-0.3, -0.25) is 9.69 Å². The first kappa shape index (κ1) is 24.1. The Morgan fingerprint density at radius 2 is 1.89 bits per heavy atom. The number of carbonyl (C=O) groups excluding carboxylic acids is 1. The van der Waals surface area contributed by atoms with E-state index < -0.39 is 0 Å². The van der Waals surface area contributed by atoms with Crippen LogP contribution in [0.5, 0.6) is 5.75 Å².